The number of carbonyl (C=O) groups excluding carboxylic acids is 3. The number of likely N-dealkylation sites (tertiary alicyclic amines) is 1. The Hall–Kier alpha value is -1.54. The molecule has 2 heterocycles. The van der Waals surface area contributed by atoms with Crippen LogP contribution in [0.15, 0.2) is 11.1 Å². The van der Waals surface area contributed by atoms with Crippen LogP contribution in [-0.4, -0.2) is 60.1 Å². The lowest BCUT2D eigenvalue weighted by Crippen LogP contribution is -2.57. The molecule has 0 aromatic heterocycles. The summed E-state index contributed by atoms with van der Waals surface area (Å²) in [5, 5.41) is 10.7. The van der Waals surface area contributed by atoms with Crippen molar-refractivity contribution in [2.75, 3.05) is 13.6 Å². The zero-order valence-electron chi connectivity index (χ0n) is 15.2. The van der Waals surface area contributed by atoms with E-state index in [2.05, 4.69) is 16.0 Å². The molecule has 8 heteroatoms. The van der Waals surface area contributed by atoms with Gasteiger partial charge < -0.3 is 20.9 Å². The van der Waals surface area contributed by atoms with Gasteiger partial charge in [0, 0.05) is 6.54 Å². The van der Waals surface area contributed by atoms with Crippen molar-refractivity contribution in [3.63, 3.8) is 0 Å². The third kappa shape index (κ3) is 4.55. The van der Waals surface area contributed by atoms with Crippen molar-refractivity contribution in [3.05, 3.63) is 11.1 Å². The van der Waals surface area contributed by atoms with E-state index >= 15 is 0 Å². The highest BCUT2D eigenvalue weighted by atomic mass is 32.2. The van der Waals surface area contributed by atoms with Gasteiger partial charge in [0.25, 0.3) is 0 Å². The fraction of sp³-hybridized carbons (Fsp3) is 0.706. The van der Waals surface area contributed by atoms with Gasteiger partial charge in [-0.3, -0.25) is 14.4 Å². The first-order valence-corrected chi connectivity index (χ1v) is 9.68. The molecule has 2 aliphatic heterocycles. The second-order valence-corrected chi connectivity index (χ2v) is 7.89. The Bertz CT molecular complexity index is 552. The number of likely N-dealkylation sites (N-methyl/N-ethyl adjacent to an activating group) is 1. The lowest BCUT2D eigenvalue weighted by molar-refractivity contribution is -0.138. The quantitative estimate of drug-likeness (QED) is 0.565. The van der Waals surface area contributed by atoms with Gasteiger partial charge in [0.15, 0.2) is 6.29 Å². The van der Waals surface area contributed by atoms with E-state index in [0.717, 1.165) is 19.1 Å². The standard InChI is InChI=1S/C17H28N4O3S/c1-10(2)14(20-15(23)11(3)18-4)17(24)21-7-5-6-13(21)16-19-12(8-22)9-25-16/h8-11,13-14,16,18-19H,5-7H2,1-4H3,(H,20,23). The Morgan fingerprint density at radius 2 is 2.12 bits per heavy atom. The zero-order chi connectivity index (χ0) is 18.6. The molecule has 0 aromatic rings. The van der Waals surface area contributed by atoms with Gasteiger partial charge in [0.05, 0.1) is 23.2 Å². The number of amides is 2. The van der Waals surface area contributed by atoms with Gasteiger partial charge in [0.2, 0.25) is 11.8 Å². The summed E-state index contributed by atoms with van der Waals surface area (Å²) >= 11 is 1.54. The summed E-state index contributed by atoms with van der Waals surface area (Å²) in [5.74, 6) is -0.228. The topological polar surface area (TPSA) is 90.5 Å². The van der Waals surface area contributed by atoms with E-state index in [-0.39, 0.29) is 35.2 Å². The van der Waals surface area contributed by atoms with Crippen LogP contribution in [-0.2, 0) is 14.4 Å². The minimum absolute atomic E-state index is 0.00499. The predicted molar refractivity (Wildman–Crippen MR) is 98.7 cm³/mol. The highest BCUT2D eigenvalue weighted by molar-refractivity contribution is 8.03. The number of thioether (sulfide) groups is 1. The normalized spacial score (nSPS) is 25.3. The Balaban J connectivity index is 2.07. The van der Waals surface area contributed by atoms with Gasteiger partial charge in [-0.2, -0.15) is 0 Å². The first kappa shape index (κ1) is 19.8. The predicted octanol–water partition coefficient (Wildman–Crippen LogP) is 0.429. The SMILES string of the molecule is CNC(C)C(=O)NC(C(=O)N1CCCC1C1NC(C=O)=CS1)C(C)C. The van der Waals surface area contributed by atoms with Crippen LogP contribution in [0.2, 0.25) is 0 Å². The average molecular weight is 369 g/mol. The van der Waals surface area contributed by atoms with Gasteiger partial charge in [0.1, 0.15) is 6.04 Å². The number of nitrogens with one attached hydrogen (secondary N) is 3. The molecular formula is C17H28N4O3S. The summed E-state index contributed by atoms with van der Waals surface area (Å²) in [4.78, 5) is 38.1. The number of carbonyl (C=O) groups is 3. The van der Waals surface area contributed by atoms with Gasteiger partial charge in [-0.1, -0.05) is 13.8 Å². The molecule has 1 saturated heterocycles. The molecule has 2 rings (SSSR count). The maximum Gasteiger partial charge on any atom is 0.245 e. The Kier molecular flexibility index (Phi) is 6.89. The van der Waals surface area contributed by atoms with Crippen LogP contribution < -0.4 is 16.0 Å². The van der Waals surface area contributed by atoms with Crippen molar-refractivity contribution in [1.82, 2.24) is 20.9 Å². The molecule has 0 radical (unpaired) electrons. The number of aldehydes is 1. The molecule has 4 unspecified atom stereocenters. The number of hydrogen-bond acceptors (Lipinski definition) is 6. The second kappa shape index (κ2) is 8.71. The summed E-state index contributed by atoms with van der Waals surface area (Å²) in [5.41, 5.74) is 0.561. The molecule has 7 nitrogen and oxygen atoms in total. The van der Waals surface area contributed by atoms with Crippen molar-refractivity contribution in [2.24, 2.45) is 5.92 Å². The lowest BCUT2D eigenvalue weighted by Gasteiger charge is -2.34. The van der Waals surface area contributed by atoms with Crippen molar-refractivity contribution in [2.45, 2.75) is 57.1 Å². The maximum absolute atomic E-state index is 13.1. The van der Waals surface area contributed by atoms with Crippen LogP contribution in [0.5, 0.6) is 0 Å². The number of nitrogens with zero attached hydrogens (tertiary/aromatic N) is 1. The fourth-order valence-electron chi connectivity index (χ4n) is 3.11. The molecule has 140 valence electrons. The molecule has 2 amide bonds. The van der Waals surface area contributed by atoms with Crippen molar-refractivity contribution < 1.29 is 14.4 Å². The third-order valence-electron chi connectivity index (χ3n) is 4.77. The third-order valence-corrected chi connectivity index (χ3v) is 5.88. The van der Waals surface area contributed by atoms with Gasteiger partial charge in [-0.15, -0.1) is 11.8 Å². The Morgan fingerprint density at radius 3 is 2.68 bits per heavy atom. The second-order valence-electron chi connectivity index (χ2n) is 6.87. The zero-order valence-corrected chi connectivity index (χ0v) is 16.1. The molecule has 0 spiro atoms. The molecule has 1 fully saturated rings. The van der Waals surface area contributed by atoms with Gasteiger partial charge in [-0.25, -0.2) is 0 Å². The van der Waals surface area contributed by atoms with E-state index in [4.69, 9.17) is 0 Å². The lowest BCUT2D eigenvalue weighted by atomic mass is 10.0. The minimum Gasteiger partial charge on any atom is -0.368 e. The van der Waals surface area contributed by atoms with Crippen molar-refractivity contribution in [3.8, 4) is 0 Å². The van der Waals surface area contributed by atoms with E-state index in [1.54, 1.807) is 31.1 Å². The van der Waals surface area contributed by atoms with E-state index in [0.29, 0.717) is 12.2 Å². The minimum atomic E-state index is -0.547. The Morgan fingerprint density at radius 1 is 1.40 bits per heavy atom. The van der Waals surface area contributed by atoms with Crippen molar-refractivity contribution >= 4 is 29.9 Å². The summed E-state index contributed by atoms with van der Waals surface area (Å²) in [6.45, 7) is 6.32. The number of allylic oxidation sites excluding steroid dienone is 1. The molecule has 0 aromatic carbocycles. The molecule has 25 heavy (non-hydrogen) atoms. The summed E-state index contributed by atoms with van der Waals surface area (Å²) in [7, 11) is 1.72. The van der Waals surface area contributed by atoms with Crippen LogP contribution in [0.3, 0.4) is 0 Å². The van der Waals surface area contributed by atoms with E-state index in [1.807, 2.05) is 18.7 Å². The average Bonchev–Trinajstić information content (AvgIpc) is 3.25. The van der Waals surface area contributed by atoms with E-state index < -0.39 is 6.04 Å². The molecule has 0 bridgehead atoms. The summed E-state index contributed by atoms with van der Waals surface area (Å²) in [6, 6.07) is -0.880. The first-order chi connectivity index (χ1) is 11.9. The highest BCUT2D eigenvalue weighted by Gasteiger charge is 2.40. The number of hydrogen-bond donors (Lipinski definition) is 3. The van der Waals surface area contributed by atoms with E-state index in [1.165, 1.54) is 0 Å². The summed E-state index contributed by atoms with van der Waals surface area (Å²) < 4.78 is 0. The van der Waals surface area contributed by atoms with Crippen LogP contribution in [0.1, 0.15) is 33.6 Å². The van der Waals surface area contributed by atoms with Crippen LogP contribution in [0, 0.1) is 5.92 Å². The van der Waals surface area contributed by atoms with Gasteiger partial charge in [-0.05, 0) is 38.1 Å². The molecule has 2 aliphatic rings. The molecule has 0 aliphatic carbocycles. The molecular weight excluding hydrogens is 340 g/mol. The molecule has 3 N–H and O–H groups in total. The fourth-order valence-corrected chi connectivity index (χ4v) is 4.20. The van der Waals surface area contributed by atoms with E-state index in [9.17, 15) is 14.4 Å². The van der Waals surface area contributed by atoms with Crippen LogP contribution in [0.25, 0.3) is 0 Å². The maximum atomic E-state index is 13.1. The number of rotatable bonds is 7. The summed E-state index contributed by atoms with van der Waals surface area (Å²) in [6.07, 6.45) is 2.61. The van der Waals surface area contributed by atoms with Crippen molar-refractivity contribution in [1.29, 1.82) is 0 Å². The molecule has 0 saturated carbocycles. The largest absolute Gasteiger partial charge is 0.368 e. The monoisotopic (exact) mass is 368 g/mol. The van der Waals surface area contributed by atoms with Gasteiger partial charge >= 0.3 is 0 Å². The van der Waals surface area contributed by atoms with Crippen LogP contribution >= 0.6 is 11.8 Å². The molecule has 4 atom stereocenters. The first-order valence-electron chi connectivity index (χ1n) is 8.74. The smallest absolute Gasteiger partial charge is 0.245 e. The van der Waals surface area contributed by atoms with Crippen LogP contribution in [0.4, 0.5) is 0 Å². The highest BCUT2D eigenvalue weighted by Crippen LogP contribution is 2.31. The Labute approximate surface area is 153 Å².